The van der Waals surface area contributed by atoms with Crippen molar-refractivity contribution in [3.05, 3.63) is 0 Å². The van der Waals surface area contributed by atoms with Crippen LogP contribution in [0.3, 0.4) is 0 Å². The second kappa shape index (κ2) is 5.53. The predicted molar refractivity (Wildman–Crippen MR) is 77.7 cm³/mol. The lowest BCUT2D eigenvalue weighted by molar-refractivity contribution is 0.144. The molecule has 1 heteroatoms. The van der Waals surface area contributed by atoms with E-state index in [4.69, 9.17) is 0 Å². The van der Waals surface area contributed by atoms with E-state index in [9.17, 15) is 0 Å². The molecule has 0 aromatic heterocycles. The minimum Gasteiger partial charge on any atom is -0.300 e. The van der Waals surface area contributed by atoms with Gasteiger partial charge in [-0.3, -0.25) is 4.90 Å². The van der Waals surface area contributed by atoms with E-state index in [1.54, 1.807) is 0 Å². The van der Waals surface area contributed by atoms with Crippen molar-refractivity contribution in [3.8, 4) is 0 Å². The fourth-order valence-electron chi connectivity index (χ4n) is 5.50. The fourth-order valence-corrected chi connectivity index (χ4v) is 5.50. The lowest BCUT2D eigenvalue weighted by atomic mass is 9.75. The van der Waals surface area contributed by atoms with Crippen LogP contribution < -0.4 is 0 Å². The minimum atomic E-state index is 0.915. The van der Waals surface area contributed by atoms with Crippen molar-refractivity contribution >= 4 is 0 Å². The zero-order chi connectivity index (χ0) is 12.5. The van der Waals surface area contributed by atoms with E-state index >= 15 is 0 Å². The molecular formula is C17H31N. The molecule has 2 saturated carbocycles. The van der Waals surface area contributed by atoms with Gasteiger partial charge in [-0.25, -0.2) is 0 Å². The van der Waals surface area contributed by atoms with Gasteiger partial charge in [-0.15, -0.1) is 0 Å². The van der Waals surface area contributed by atoms with Crippen LogP contribution in [0.5, 0.6) is 0 Å². The normalized spacial score (nSPS) is 46.7. The molecule has 0 bridgehead atoms. The largest absolute Gasteiger partial charge is 0.300 e. The van der Waals surface area contributed by atoms with E-state index < -0.39 is 0 Å². The van der Waals surface area contributed by atoms with Crippen LogP contribution in [-0.2, 0) is 0 Å². The number of nitrogens with zero attached hydrogens (tertiary/aromatic N) is 1. The van der Waals surface area contributed by atoms with E-state index in [0.717, 1.165) is 29.8 Å². The van der Waals surface area contributed by atoms with Crippen LogP contribution in [0.4, 0.5) is 0 Å². The molecule has 18 heavy (non-hydrogen) atoms. The molecule has 3 fully saturated rings. The first kappa shape index (κ1) is 13.0. The molecule has 1 heterocycles. The molecule has 0 N–H and O–H groups in total. The Morgan fingerprint density at radius 1 is 0.722 bits per heavy atom. The summed E-state index contributed by atoms with van der Waals surface area (Å²) in [6, 6.07) is 1.85. The fraction of sp³-hybridized carbons (Fsp3) is 1.00. The standard InChI is InChI=1S/C17H31N/c1-13-9-5-3-7-11-15-14-10-6-4-8-12-16(14)18(2)17(13)15/h13-17H,3-12H2,1-2H3. The summed E-state index contributed by atoms with van der Waals surface area (Å²) < 4.78 is 0. The molecule has 1 saturated heterocycles. The second-order valence-corrected chi connectivity index (χ2v) is 7.30. The highest BCUT2D eigenvalue weighted by atomic mass is 15.2. The van der Waals surface area contributed by atoms with Gasteiger partial charge in [0, 0.05) is 12.1 Å². The third kappa shape index (κ3) is 2.24. The third-order valence-corrected chi connectivity index (χ3v) is 6.29. The van der Waals surface area contributed by atoms with Gasteiger partial charge in [0.25, 0.3) is 0 Å². The van der Waals surface area contributed by atoms with Crippen molar-refractivity contribution in [1.82, 2.24) is 4.90 Å². The van der Waals surface area contributed by atoms with Crippen LogP contribution >= 0.6 is 0 Å². The summed E-state index contributed by atoms with van der Waals surface area (Å²) >= 11 is 0. The minimum absolute atomic E-state index is 0.915. The highest BCUT2D eigenvalue weighted by Gasteiger charge is 2.48. The van der Waals surface area contributed by atoms with Crippen LogP contribution in [0.2, 0.25) is 0 Å². The summed E-state index contributed by atoms with van der Waals surface area (Å²) in [6.07, 6.45) is 15.0. The lowest BCUT2D eigenvalue weighted by Crippen LogP contribution is -2.39. The van der Waals surface area contributed by atoms with E-state index in [-0.39, 0.29) is 0 Å². The van der Waals surface area contributed by atoms with E-state index in [1.165, 1.54) is 64.2 Å². The average Bonchev–Trinajstić information content (AvgIpc) is 2.54. The predicted octanol–water partition coefficient (Wildman–Crippen LogP) is 4.47. The molecule has 0 aromatic rings. The van der Waals surface area contributed by atoms with Crippen LogP contribution in [-0.4, -0.2) is 24.0 Å². The first-order valence-corrected chi connectivity index (χ1v) is 8.51. The van der Waals surface area contributed by atoms with Gasteiger partial charge in [-0.1, -0.05) is 45.4 Å². The first-order valence-electron chi connectivity index (χ1n) is 8.51. The van der Waals surface area contributed by atoms with Crippen molar-refractivity contribution in [2.45, 2.75) is 83.2 Å². The number of fused-ring (bicyclic) bond motifs is 3. The van der Waals surface area contributed by atoms with Crippen molar-refractivity contribution in [3.63, 3.8) is 0 Å². The highest BCUT2D eigenvalue weighted by Crippen LogP contribution is 2.47. The van der Waals surface area contributed by atoms with Crippen molar-refractivity contribution in [2.24, 2.45) is 17.8 Å². The van der Waals surface area contributed by atoms with Crippen LogP contribution in [0.1, 0.15) is 71.1 Å². The Morgan fingerprint density at radius 3 is 2.11 bits per heavy atom. The Morgan fingerprint density at radius 2 is 1.33 bits per heavy atom. The van der Waals surface area contributed by atoms with Crippen molar-refractivity contribution < 1.29 is 0 Å². The molecule has 2 aliphatic carbocycles. The van der Waals surface area contributed by atoms with E-state index in [1.807, 2.05) is 0 Å². The van der Waals surface area contributed by atoms with Crippen LogP contribution in [0.25, 0.3) is 0 Å². The maximum Gasteiger partial charge on any atom is 0.0152 e. The lowest BCUT2D eigenvalue weighted by Gasteiger charge is -2.34. The van der Waals surface area contributed by atoms with Gasteiger partial charge in [-0.05, 0) is 50.5 Å². The van der Waals surface area contributed by atoms with Gasteiger partial charge in [-0.2, -0.15) is 0 Å². The van der Waals surface area contributed by atoms with Crippen molar-refractivity contribution in [1.29, 1.82) is 0 Å². The topological polar surface area (TPSA) is 3.24 Å². The molecule has 0 radical (unpaired) electrons. The Labute approximate surface area is 113 Å². The summed E-state index contributed by atoms with van der Waals surface area (Å²) in [5.74, 6) is 3.02. The summed E-state index contributed by atoms with van der Waals surface area (Å²) in [4.78, 5) is 2.83. The summed E-state index contributed by atoms with van der Waals surface area (Å²) in [5.41, 5.74) is 0. The Kier molecular flexibility index (Phi) is 3.98. The van der Waals surface area contributed by atoms with Crippen LogP contribution in [0.15, 0.2) is 0 Å². The molecule has 1 nitrogen and oxygen atoms in total. The number of hydrogen-bond donors (Lipinski definition) is 0. The molecule has 0 spiro atoms. The quantitative estimate of drug-likeness (QED) is 0.612. The van der Waals surface area contributed by atoms with E-state index in [2.05, 4.69) is 18.9 Å². The third-order valence-electron chi connectivity index (χ3n) is 6.29. The SMILES string of the molecule is CC1CCCCCC2C3CCCCCC3N(C)C12. The Hall–Kier alpha value is -0.0400. The second-order valence-electron chi connectivity index (χ2n) is 7.30. The summed E-state index contributed by atoms with van der Waals surface area (Å²) in [6.45, 7) is 2.53. The first-order chi connectivity index (χ1) is 8.79. The molecule has 1 aliphatic heterocycles. The Balaban J connectivity index is 1.83. The number of hydrogen-bond acceptors (Lipinski definition) is 1. The summed E-state index contributed by atoms with van der Waals surface area (Å²) in [7, 11) is 2.45. The molecule has 104 valence electrons. The number of likely N-dealkylation sites (tertiary alicyclic amines) is 1. The molecule has 5 atom stereocenters. The van der Waals surface area contributed by atoms with Gasteiger partial charge in [0.15, 0.2) is 0 Å². The van der Waals surface area contributed by atoms with Gasteiger partial charge < -0.3 is 0 Å². The monoisotopic (exact) mass is 249 g/mol. The van der Waals surface area contributed by atoms with Crippen LogP contribution in [0, 0.1) is 17.8 Å². The zero-order valence-electron chi connectivity index (χ0n) is 12.4. The molecule has 3 rings (SSSR count). The molecule has 5 unspecified atom stereocenters. The van der Waals surface area contributed by atoms with Gasteiger partial charge in [0.05, 0.1) is 0 Å². The maximum atomic E-state index is 2.83. The van der Waals surface area contributed by atoms with Crippen molar-refractivity contribution in [2.75, 3.05) is 7.05 Å². The van der Waals surface area contributed by atoms with Gasteiger partial charge in [0.2, 0.25) is 0 Å². The van der Waals surface area contributed by atoms with Gasteiger partial charge in [0.1, 0.15) is 0 Å². The highest BCUT2D eigenvalue weighted by molar-refractivity contribution is 5.01. The maximum absolute atomic E-state index is 2.83. The number of rotatable bonds is 0. The molecule has 3 aliphatic rings. The van der Waals surface area contributed by atoms with Gasteiger partial charge >= 0.3 is 0 Å². The smallest absolute Gasteiger partial charge is 0.0152 e. The average molecular weight is 249 g/mol. The molecular weight excluding hydrogens is 218 g/mol. The van der Waals surface area contributed by atoms with E-state index in [0.29, 0.717) is 0 Å². The molecule has 0 amide bonds. The zero-order valence-corrected chi connectivity index (χ0v) is 12.4. The summed E-state index contributed by atoms with van der Waals surface area (Å²) in [5, 5.41) is 0. The Bertz CT molecular complexity index is 275. The molecule has 0 aromatic carbocycles.